The number of benzene rings is 2. The molecular formula is C21H17Cl2NO4S. The molecule has 2 aromatic carbocycles. The summed E-state index contributed by atoms with van der Waals surface area (Å²) in [6.07, 6.45) is 0. The molecule has 29 heavy (non-hydrogen) atoms. The first-order chi connectivity index (χ1) is 13.9. The van der Waals surface area contributed by atoms with E-state index in [1.807, 2.05) is 12.1 Å². The van der Waals surface area contributed by atoms with E-state index in [-0.39, 0.29) is 11.6 Å². The number of hydrogen-bond acceptors (Lipinski definition) is 5. The molecule has 1 N–H and O–H groups in total. The largest absolute Gasteiger partial charge is 0.497 e. The zero-order valence-corrected chi connectivity index (χ0v) is 18.0. The second-order valence-corrected chi connectivity index (χ2v) is 7.58. The second-order valence-electron chi connectivity index (χ2n) is 5.89. The van der Waals surface area contributed by atoms with Crippen LogP contribution in [0.4, 0.5) is 5.00 Å². The van der Waals surface area contributed by atoms with Crippen molar-refractivity contribution in [3.05, 3.63) is 69.0 Å². The summed E-state index contributed by atoms with van der Waals surface area (Å²) in [6.45, 7) is 1.95. The first-order valence-corrected chi connectivity index (χ1v) is 10.3. The Morgan fingerprint density at radius 2 is 1.79 bits per heavy atom. The van der Waals surface area contributed by atoms with Crippen LogP contribution in [0.3, 0.4) is 0 Å². The molecule has 8 heteroatoms. The number of hydrogen-bond donors (Lipinski definition) is 1. The van der Waals surface area contributed by atoms with Crippen molar-refractivity contribution in [1.82, 2.24) is 0 Å². The molecule has 5 nitrogen and oxygen atoms in total. The van der Waals surface area contributed by atoms with Gasteiger partial charge < -0.3 is 14.8 Å². The Kier molecular flexibility index (Phi) is 6.79. The van der Waals surface area contributed by atoms with Gasteiger partial charge in [-0.05, 0) is 42.8 Å². The van der Waals surface area contributed by atoms with Gasteiger partial charge in [-0.15, -0.1) is 11.3 Å². The van der Waals surface area contributed by atoms with Crippen LogP contribution in [-0.2, 0) is 4.74 Å². The molecule has 0 saturated carbocycles. The van der Waals surface area contributed by atoms with Crippen molar-refractivity contribution in [3.8, 4) is 16.9 Å². The van der Waals surface area contributed by atoms with Gasteiger partial charge in [0.2, 0.25) is 0 Å². The van der Waals surface area contributed by atoms with E-state index in [0.29, 0.717) is 32.5 Å². The van der Waals surface area contributed by atoms with Crippen LogP contribution in [0, 0.1) is 0 Å². The van der Waals surface area contributed by atoms with E-state index >= 15 is 0 Å². The molecule has 1 aromatic heterocycles. The lowest BCUT2D eigenvalue weighted by atomic mass is 10.0. The highest BCUT2D eigenvalue weighted by atomic mass is 35.5. The topological polar surface area (TPSA) is 64.6 Å². The molecular weight excluding hydrogens is 433 g/mol. The summed E-state index contributed by atoms with van der Waals surface area (Å²) >= 11 is 13.1. The van der Waals surface area contributed by atoms with Crippen molar-refractivity contribution in [1.29, 1.82) is 0 Å². The number of anilines is 1. The third-order valence-electron chi connectivity index (χ3n) is 4.08. The number of nitrogens with one attached hydrogen (secondary N) is 1. The van der Waals surface area contributed by atoms with Gasteiger partial charge in [0.15, 0.2) is 0 Å². The summed E-state index contributed by atoms with van der Waals surface area (Å²) in [5, 5.41) is 5.60. The smallest absolute Gasteiger partial charge is 0.341 e. The van der Waals surface area contributed by atoms with Crippen molar-refractivity contribution >= 4 is 51.4 Å². The van der Waals surface area contributed by atoms with Crippen LogP contribution in [0.5, 0.6) is 5.75 Å². The van der Waals surface area contributed by atoms with Crippen LogP contribution in [0.2, 0.25) is 10.0 Å². The molecule has 0 radical (unpaired) electrons. The third kappa shape index (κ3) is 4.72. The second kappa shape index (κ2) is 9.31. The molecule has 150 valence electrons. The molecule has 1 heterocycles. The first kappa shape index (κ1) is 21.2. The Hall–Kier alpha value is -2.54. The number of methoxy groups -OCH3 is 1. The fourth-order valence-electron chi connectivity index (χ4n) is 2.65. The van der Waals surface area contributed by atoms with Crippen LogP contribution in [0.25, 0.3) is 11.1 Å². The number of amides is 1. The predicted octanol–water partition coefficient (Wildman–Crippen LogP) is 6.16. The number of rotatable bonds is 6. The van der Waals surface area contributed by atoms with Crippen molar-refractivity contribution < 1.29 is 19.1 Å². The lowest BCUT2D eigenvalue weighted by Gasteiger charge is -2.09. The molecule has 0 spiro atoms. The van der Waals surface area contributed by atoms with Gasteiger partial charge in [0.25, 0.3) is 5.91 Å². The summed E-state index contributed by atoms with van der Waals surface area (Å²) in [7, 11) is 1.58. The van der Waals surface area contributed by atoms with E-state index in [1.165, 1.54) is 17.4 Å². The van der Waals surface area contributed by atoms with E-state index in [9.17, 15) is 9.59 Å². The van der Waals surface area contributed by atoms with Crippen molar-refractivity contribution in [2.24, 2.45) is 0 Å². The predicted molar refractivity (Wildman–Crippen MR) is 117 cm³/mol. The average Bonchev–Trinajstić information content (AvgIpc) is 3.13. The number of carbonyl (C=O) groups is 2. The maximum Gasteiger partial charge on any atom is 0.341 e. The van der Waals surface area contributed by atoms with Gasteiger partial charge in [-0.3, -0.25) is 4.79 Å². The number of esters is 1. The Labute approximate surface area is 182 Å². The first-order valence-electron chi connectivity index (χ1n) is 8.64. The molecule has 0 aliphatic heterocycles. The highest BCUT2D eigenvalue weighted by molar-refractivity contribution is 7.15. The van der Waals surface area contributed by atoms with Gasteiger partial charge in [0.05, 0.1) is 23.8 Å². The normalized spacial score (nSPS) is 10.5. The summed E-state index contributed by atoms with van der Waals surface area (Å²) in [5.74, 6) is -0.212. The van der Waals surface area contributed by atoms with Crippen LogP contribution in [-0.4, -0.2) is 25.6 Å². The number of thiophene rings is 1. The van der Waals surface area contributed by atoms with Gasteiger partial charge in [0, 0.05) is 16.5 Å². The molecule has 0 fully saturated rings. The summed E-state index contributed by atoms with van der Waals surface area (Å²) < 4.78 is 10.4. The van der Waals surface area contributed by atoms with Crippen LogP contribution >= 0.6 is 34.5 Å². The third-order valence-corrected chi connectivity index (χ3v) is 5.71. The molecule has 0 atom stereocenters. The van der Waals surface area contributed by atoms with E-state index in [2.05, 4.69) is 5.32 Å². The van der Waals surface area contributed by atoms with E-state index in [0.717, 1.165) is 5.56 Å². The lowest BCUT2D eigenvalue weighted by molar-refractivity contribution is 0.0529. The zero-order valence-electron chi connectivity index (χ0n) is 15.6. The molecule has 0 bridgehead atoms. The van der Waals surface area contributed by atoms with Crippen molar-refractivity contribution in [3.63, 3.8) is 0 Å². The van der Waals surface area contributed by atoms with E-state index < -0.39 is 11.9 Å². The summed E-state index contributed by atoms with van der Waals surface area (Å²) in [4.78, 5) is 25.3. The van der Waals surface area contributed by atoms with Crippen molar-refractivity contribution in [2.75, 3.05) is 19.0 Å². The molecule has 1 amide bonds. The molecule has 0 aliphatic rings. The summed E-state index contributed by atoms with van der Waals surface area (Å²) in [6, 6.07) is 11.9. The van der Waals surface area contributed by atoms with Gasteiger partial charge in [-0.1, -0.05) is 35.3 Å². The van der Waals surface area contributed by atoms with Gasteiger partial charge in [-0.25, -0.2) is 4.79 Å². The molecule has 0 aliphatic carbocycles. The molecule has 0 saturated heterocycles. The minimum Gasteiger partial charge on any atom is -0.497 e. The van der Waals surface area contributed by atoms with Gasteiger partial charge in [0.1, 0.15) is 16.3 Å². The molecule has 3 aromatic rings. The lowest BCUT2D eigenvalue weighted by Crippen LogP contribution is -2.14. The van der Waals surface area contributed by atoms with E-state index in [4.69, 9.17) is 32.7 Å². The Balaban J connectivity index is 1.97. The fraction of sp³-hybridized carbons (Fsp3) is 0.143. The Morgan fingerprint density at radius 1 is 1.07 bits per heavy atom. The average molecular weight is 450 g/mol. The van der Waals surface area contributed by atoms with Gasteiger partial charge >= 0.3 is 5.97 Å². The highest BCUT2D eigenvalue weighted by Crippen LogP contribution is 2.37. The minimum absolute atomic E-state index is 0.219. The van der Waals surface area contributed by atoms with Gasteiger partial charge in [-0.2, -0.15) is 0 Å². The Bertz CT molecular complexity index is 1050. The monoisotopic (exact) mass is 449 g/mol. The number of ether oxygens (including phenoxy) is 2. The van der Waals surface area contributed by atoms with Crippen LogP contribution in [0.15, 0.2) is 47.8 Å². The van der Waals surface area contributed by atoms with Crippen LogP contribution in [0.1, 0.15) is 27.6 Å². The number of halogens is 2. The zero-order chi connectivity index (χ0) is 21.0. The fourth-order valence-corrected chi connectivity index (χ4v) is 3.90. The minimum atomic E-state index is -0.510. The maximum atomic E-state index is 12.7. The molecule has 3 rings (SSSR count). The quantitative estimate of drug-likeness (QED) is 0.457. The van der Waals surface area contributed by atoms with E-state index in [1.54, 1.807) is 43.7 Å². The Morgan fingerprint density at radius 3 is 2.41 bits per heavy atom. The summed E-state index contributed by atoms with van der Waals surface area (Å²) in [5.41, 5.74) is 2.10. The molecule has 0 unspecified atom stereocenters. The SMILES string of the molecule is CCOC(=O)c1c(-c2ccc(OC)cc2)csc1NC(=O)c1ccc(Cl)c(Cl)c1. The number of carbonyl (C=O) groups excluding carboxylic acids is 2. The van der Waals surface area contributed by atoms with Crippen molar-refractivity contribution in [2.45, 2.75) is 6.92 Å². The standard InChI is InChI=1S/C21H17Cl2NO4S/c1-3-28-21(26)18-15(12-4-7-14(27-2)8-5-12)11-29-20(18)24-19(25)13-6-9-16(22)17(23)10-13/h4-11H,3H2,1-2H3,(H,24,25). The highest BCUT2D eigenvalue weighted by Gasteiger charge is 2.23. The van der Waals surface area contributed by atoms with Crippen LogP contribution < -0.4 is 10.1 Å². The maximum absolute atomic E-state index is 12.7.